The fraction of sp³-hybridized carbons (Fsp3) is 0.889. The Hall–Kier alpha value is -1.30. The van der Waals surface area contributed by atoms with Gasteiger partial charge in [-0.1, -0.05) is 12.8 Å². The van der Waals surface area contributed by atoms with E-state index in [-0.39, 0.29) is 5.97 Å². The first-order valence-corrected chi connectivity index (χ1v) is 9.34. The van der Waals surface area contributed by atoms with Crippen LogP contribution in [0.2, 0.25) is 0 Å². The second-order valence-corrected chi connectivity index (χ2v) is 6.79. The molecule has 6 heteroatoms. The van der Waals surface area contributed by atoms with Crippen molar-refractivity contribution in [1.82, 2.24) is 15.5 Å². The van der Waals surface area contributed by atoms with Crippen LogP contribution in [0.4, 0.5) is 0 Å². The lowest BCUT2D eigenvalue weighted by molar-refractivity contribution is -0.140. The summed E-state index contributed by atoms with van der Waals surface area (Å²) in [6.07, 6.45) is 7.06. The zero-order chi connectivity index (χ0) is 17.8. The van der Waals surface area contributed by atoms with E-state index < -0.39 is 0 Å². The molecule has 0 amide bonds. The summed E-state index contributed by atoms with van der Waals surface area (Å²) in [5.74, 6) is 0.800. The number of nitrogens with zero attached hydrogens (tertiary/aromatic N) is 2. The van der Waals surface area contributed by atoms with Crippen molar-refractivity contribution in [3.63, 3.8) is 0 Å². The van der Waals surface area contributed by atoms with Crippen molar-refractivity contribution >= 4 is 11.9 Å². The fourth-order valence-electron chi connectivity index (χ4n) is 3.00. The molecule has 0 atom stereocenters. The van der Waals surface area contributed by atoms with Gasteiger partial charge in [0.05, 0.1) is 7.11 Å². The first-order chi connectivity index (χ1) is 11.6. The Morgan fingerprint density at radius 3 is 2.46 bits per heavy atom. The molecule has 6 nitrogen and oxygen atoms in total. The molecule has 1 fully saturated rings. The van der Waals surface area contributed by atoms with Gasteiger partial charge in [0, 0.05) is 45.2 Å². The molecular weight excluding hydrogens is 304 g/mol. The number of hydrogen-bond acceptors (Lipinski definition) is 4. The highest BCUT2D eigenvalue weighted by Gasteiger charge is 2.21. The van der Waals surface area contributed by atoms with Crippen LogP contribution < -0.4 is 10.6 Å². The number of guanidine groups is 1. The first-order valence-electron chi connectivity index (χ1n) is 9.34. The number of likely N-dealkylation sites (tertiary alicyclic amines) is 1. The van der Waals surface area contributed by atoms with Crippen molar-refractivity contribution in [2.45, 2.75) is 70.9 Å². The van der Waals surface area contributed by atoms with Crippen LogP contribution >= 0.6 is 0 Å². The maximum Gasteiger partial charge on any atom is 0.305 e. The molecule has 0 aliphatic carbocycles. The molecule has 1 aliphatic heterocycles. The van der Waals surface area contributed by atoms with Gasteiger partial charge < -0.3 is 20.3 Å². The zero-order valence-electron chi connectivity index (χ0n) is 15.9. The Morgan fingerprint density at radius 1 is 1.21 bits per heavy atom. The molecule has 0 aromatic carbocycles. The molecule has 1 rings (SSSR count). The van der Waals surface area contributed by atoms with Gasteiger partial charge in [-0.15, -0.1) is 0 Å². The molecule has 24 heavy (non-hydrogen) atoms. The number of methoxy groups -OCH3 is 1. The number of hydrogen-bond donors (Lipinski definition) is 2. The molecule has 0 spiro atoms. The Kier molecular flexibility index (Phi) is 10.5. The van der Waals surface area contributed by atoms with Crippen molar-refractivity contribution in [2.24, 2.45) is 4.99 Å². The lowest BCUT2D eigenvalue weighted by Crippen LogP contribution is -2.49. The van der Waals surface area contributed by atoms with E-state index in [4.69, 9.17) is 0 Å². The third-order valence-electron chi connectivity index (χ3n) is 4.65. The van der Waals surface area contributed by atoms with Crippen LogP contribution in [-0.2, 0) is 9.53 Å². The average Bonchev–Trinajstić information content (AvgIpc) is 2.59. The number of unbranched alkanes of at least 4 members (excludes halogenated alkanes) is 3. The molecule has 0 bridgehead atoms. The predicted octanol–water partition coefficient (Wildman–Crippen LogP) is 2.15. The normalized spacial score (nSPS) is 17.1. The molecule has 0 aromatic rings. The second kappa shape index (κ2) is 12.1. The van der Waals surface area contributed by atoms with Gasteiger partial charge in [0.1, 0.15) is 0 Å². The molecule has 140 valence electrons. The summed E-state index contributed by atoms with van der Waals surface area (Å²) in [7, 11) is 3.27. The van der Waals surface area contributed by atoms with E-state index in [1.165, 1.54) is 20.0 Å². The van der Waals surface area contributed by atoms with E-state index in [1.54, 1.807) is 0 Å². The Labute approximate surface area is 147 Å². The van der Waals surface area contributed by atoms with Gasteiger partial charge in [-0.3, -0.25) is 9.79 Å². The van der Waals surface area contributed by atoms with Crippen LogP contribution in [0, 0.1) is 0 Å². The zero-order valence-corrected chi connectivity index (χ0v) is 15.9. The summed E-state index contributed by atoms with van der Waals surface area (Å²) in [5, 5.41) is 6.94. The van der Waals surface area contributed by atoms with Crippen LogP contribution in [0.1, 0.15) is 58.8 Å². The summed E-state index contributed by atoms with van der Waals surface area (Å²) < 4.78 is 4.64. The summed E-state index contributed by atoms with van der Waals surface area (Å²) in [6, 6.07) is 1.16. The minimum absolute atomic E-state index is 0.110. The monoisotopic (exact) mass is 340 g/mol. The maximum atomic E-state index is 11.0. The van der Waals surface area contributed by atoms with Gasteiger partial charge >= 0.3 is 5.97 Å². The highest BCUT2D eigenvalue weighted by molar-refractivity contribution is 5.79. The van der Waals surface area contributed by atoms with Crippen LogP contribution in [0.5, 0.6) is 0 Å². The number of aliphatic imine (C=N–C) groups is 1. The Bertz CT molecular complexity index is 377. The largest absolute Gasteiger partial charge is 0.469 e. The number of ether oxygens (including phenoxy) is 1. The lowest BCUT2D eigenvalue weighted by atomic mass is 10.0. The molecule has 0 unspecified atom stereocenters. The van der Waals surface area contributed by atoms with E-state index in [9.17, 15) is 4.79 Å². The van der Waals surface area contributed by atoms with Crippen molar-refractivity contribution in [2.75, 3.05) is 33.8 Å². The fourth-order valence-corrected chi connectivity index (χ4v) is 3.00. The van der Waals surface area contributed by atoms with Gasteiger partial charge in [-0.2, -0.15) is 0 Å². The van der Waals surface area contributed by atoms with Crippen molar-refractivity contribution in [3.05, 3.63) is 0 Å². The van der Waals surface area contributed by atoms with E-state index in [2.05, 4.69) is 39.1 Å². The topological polar surface area (TPSA) is 66.0 Å². The smallest absolute Gasteiger partial charge is 0.305 e. The summed E-state index contributed by atoms with van der Waals surface area (Å²) in [4.78, 5) is 17.9. The van der Waals surface area contributed by atoms with Gasteiger partial charge in [0.15, 0.2) is 5.96 Å². The Balaban J connectivity index is 2.08. The van der Waals surface area contributed by atoms with Crippen LogP contribution in [0.15, 0.2) is 4.99 Å². The summed E-state index contributed by atoms with van der Waals surface area (Å²) in [5.41, 5.74) is 0. The van der Waals surface area contributed by atoms with Gasteiger partial charge in [0.25, 0.3) is 0 Å². The minimum Gasteiger partial charge on any atom is -0.469 e. The van der Waals surface area contributed by atoms with E-state index >= 15 is 0 Å². The first kappa shape index (κ1) is 20.7. The number of piperidine rings is 1. The van der Waals surface area contributed by atoms with Crippen molar-refractivity contribution in [1.29, 1.82) is 0 Å². The third kappa shape index (κ3) is 8.52. The highest BCUT2D eigenvalue weighted by atomic mass is 16.5. The molecular formula is C18H36N4O2. The van der Waals surface area contributed by atoms with Crippen molar-refractivity contribution < 1.29 is 9.53 Å². The second-order valence-electron chi connectivity index (χ2n) is 6.79. The van der Waals surface area contributed by atoms with Crippen LogP contribution in [-0.4, -0.2) is 62.7 Å². The number of rotatable bonds is 9. The van der Waals surface area contributed by atoms with Crippen LogP contribution in [0.25, 0.3) is 0 Å². The molecule has 1 saturated heterocycles. The maximum absolute atomic E-state index is 11.0. The molecule has 0 aromatic heterocycles. The summed E-state index contributed by atoms with van der Waals surface area (Å²) >= 11 is 0. The number of carbonyl (C=O) groups is 1. The van der Waals surface area contributed by atoms with Crippen LogP contribution in [0.3, 0.4) is 0 Å². The molecule has 1 heterocycles. The molecule has 0 radical (unpaired) electrons. The van der Waals surface area contributed by atoms with Gasteiger partial charge in [-0.25, -0.2) is 0 Å². The number of carbonyl (C=O) groups excluding carboxylic acids is 1. The number of nitrogens with one attached hydrogen (secondary N) is 2. The highest BCUT2D eigenvalue weighted by Crippen LogP contribution is 2.12. The standard InChI is InChI=1S/C18H36N4O2/c1-15(2)22-13-10-16(11-14-22)21-18(19-3)20-12-8-6-5-7-9-17(23)24-4/h15-16H,5-14H2,1-4H3,(H2,19,20,21). The van der Waals surface area contributed by atoms with E-state index in [1.807, 2.05) is 7.05 Å². The SMILES string of the molecule is CN=C(NCCCCCCC(=O)OC)NC1CCN(C(C)C)CC1. The quantitative estimate of drug-likeness (QED) is 0.291. The summed E-state index contributed by atoms with van der Waals surface area (Å²) in [6.45, 7) is 7.76. The molecule has 2 N–H and O–H groups in total. The molecule has 1 aliphatic rings. The minimum atomic E-state index is -0.110. The Morgan fingerprint density at radius 2 is 1.88 bits per heavy atom. The molecule has 0 saturated carbocycles. The van der Waals surface area contributed by atoms with E-state index in [0.717, 1.165) is 51.3 Å². The average molecular weight is 341 g/mol. The lowest BCUT2D eigenvalue weighted by Gasteiger charge is -2.35. The van der Waals surface area contributed by atoms with Gasteiger partial charge in [-0.05, 0) is 39.5 Å². The third-order valence-corrected chi connectivity index (χ3v) is 4.65. The van der Waals surface area contributed by atoms with E-state index in [0.29, 0.717) is 18.5 Å². The number of esters is 1. The predicted molar refractivity (Wildman–Crippen MR) is 99.3 cm³/mol. The van der Waals surface area contributed by atoms with Crippen molar-refractivity contribution in [3.8, 4) is 0 Å². The van der Waals surface area contributed by atoms with Gasteiger partial charge in [0.2, 0.25) is 0 Å².